The quantitative estimate of drug-likeness (QED) is 0.858. The molecule has 2 heteroatoms. The molecule has 0 bridgehead atoms. The first kappa shape index (κ1) is 12.0. The second-order valence-electron chi connectivity index (χ2n) is 6.00. The Hall–Kier alpha value is -1.02. The summed E-state index contributed by atoms with van der Waals surface area (Å²) in [5.41, 5.74) is 4.07. The van der Waals surface area contributed by atoms with Crippen LogP contribution in [0.2, 0.25) is 0 Å². The third kappa shape index (κ3) is 2.39. The van der Waals surface area contributed by atoms with E-state index in [0.717, 1.165) is 6.04 Å². The van der Waals surface area contributed by atoms with Gasteiger partial charge in [-0.25, -0.2) is 0 Å². The molecule has 1 aromatic rings. The number of benzene rings is 1. The van der Waals surface area contributed by atoms with Crippen LogP contribution in [0.4, 0.5) is 5.69 Å². The van der Waals surface area contributed by atoms with E-state index in [2.05, 4.69) is 42.3 Å². The smallest absolute Gasteiger partial charge is 0.0345 e. The maximum absolute atomic E-state index is 3.73. The Balaban J connectivity index is 1.64. The molecule has 2 nitrogen and oxygen atoms in total. The molecule has 1 aromatic carbocycles. The van der Waals surface area contributed by atoms with Gasteiger partial charge in [-0.2, -0.15) is 0 Å². The molecular formula is C16H24N2. The third-order valence-electron chi connectivity index (χ3n) is 4.70. The van der Waals surface area contributed by atoms with Gasteiger partial charge in [-0.1, -0.05) is 6.07 Å². The summed E-state index contributed by atoms with van der Waals surface area (Å²) in [6.07, 6.45) is 5.43. The first-order valence-corrected chi connectivity index (χ1v) is 7.30. The molecule has 2 heterocycles. The second-order valence-corrected chi connectivity index (χ2v) is 6.00. The van der Waals surface area contributed by atoms with Crippen LogP contribution in [0.3, 0.4) is 0 Å². The summed E-state index contributed by atoms with van der Waals surface area (Å²) in [7, 11) is 0. The molecule has 0 saturated carbocycles. The van der Waals surface area contributed by atoms with Gasteiger partial charge in [-0.05, 0) is 69.3 Å². The van der Waals surface area contributed by atoms with Crippen LogP contribution in [0.25, 0.3) is 0 Å². The largest absolute Gasteiger partial charge is 0.382 e. The molecule has 2 saturated heterocycles. The number of nitrogens with zero attached hydrogens (tertiary/aromatic N) is 1. The SMILES string of the molecule is Cc1ccc(NC2CCN3CCCC3C2)cc1C. The topological polar surface area (TPSA) is 15.3 Å². The summed E-state index contributed by atoms with van der Waals surface area (Å²) >= 11 is 0. The Kier molecular flexibility index (Phi) is 3.29. The van der Waals surface area contributed by atoms with Crippen molar-refractivity contribution < 1.29 is 0 Å². The maximum Gasteiger partial charge on any atom is 0.0345 e. The second kappa shape index (κ2) is 4.93. The molecule has 2 fully saturated rings. The number of aryl methyl sites for hydroxylation is 2. The average molecular weight is 244 g/mol. The van der Waals surface area contributed by atoms with Crippen molar-refractivity contribution in [2.45, 2.75) is 51.6 Å². The van der Waals surface area contributed by atoms with Crippen molar-refractivity contribution in [3.05, 3.63) is 29.3 Å². The number of hydrogen-bond donors (Lipinski definition) is 1. The lowest BCUT2D eigenvalue weighted by atomic mass is 9.97. The minimum absolute atomic E-state index is 0.673. The standard InChI is InChI=1S/C16H24N2/c1-12-5-6-14(10-13(12)2)17-15-7-9-18-8-3-4-16(18)11-15/h5-6,10,15-17H,3-4,7-9,11H2,1-2H3. The summed E-state index contributed by atoms with van der Waals surface area (Å²) in [4.78, 5) is 2.68. The molecule has 3 rings (SSSR count). The summed E-state index contributed by atoms with van der Waals surface area (Å²) in [5.74, 6) is 0. The first-order chi connectivity index (χ1) is 8.72. The van der Waals surface area contributed by atoms with Crippen LogP contribution in [0.15, 0.2) is 18.2 Å². The minimum atomic E-state index is 0.673. The van der Waals surface area contributed by atoms with Gasteiger partial charge < -0.3 is 10.2 Å². The van der Waals surface area contributed by atoms with E-state index < -0.39 is 0 Å². The lowest BCUT2D eigenvalue weighted by Gasteiger charge is -2.35. The van der Waals surface area contributed by atoms with Crippen molar-refractivity contribution in [2.75, 3.05) is 18.4 Å². The van der Waals surface area contributed by atoms with Crippen molar-refractivity contribution in [3.8, 4) is 0 Å². The van der Waals surface area contributed by atoms with Gasteiger partial charge in [0.15, 0.2) is 0 Å². The normalized spacial score (nSPS) is 28.1. The Morgan fingerprint density at radius 3 is 2.83 bits per heavy atom. The van der Waals surface area contributed by atoms with Crippen molar-refractivity contribution in [3.63, 3.8) is 0 Å². The van der Waals surface area contributed by atoms with Gasteiger partial charge in [-0.15, -0.1) is 0 Å². The molecule has 1 N–H and O–H groups in total. The Labute approximate surface area is 110 Å². The molecule has 2 aliphatic heterocycles. The lowest BCUT2D eigenvalue weighted by molar-refractivity contribution is 0.188. The van der Waals surface area contributed by atoms with Gasteiger partial charge in [0.2, 0.25) is 0 Å². The minimum Gasteiger partial charge on any atom is -0.382 e. The van der Waals surface area contributed by atoms with Crippen LogP contribution >= 0.6 is 0 Å². The number of fused-ring (bicyclic) bond motifs is 1. The van der Waals surface area contributed by atoms with E-state index in [4.69, 9.17) is 0 Å². The summed E-state index contributed by atoms with van der Waals surface area (Å²) in [5, 5.41) is 3.73. The van der Waals surface area contributed by atoms with Gasteiger partial charge in [-0.3, -0.25) is 0 Å². The zero-order chi connectivity index (χ0) is 12.5. The zero-order valence-corrected chi connectivity index (χ0v) is 11.6. The highest BCUT2D eigenvalue weighted by Crippen LogP contribution is 2.28. The molecule has 0 amide bonds. The predicted molar refractivity (Wildman–Crippen MR) is 77.2 cm³/mol. The van der Waals surface area contributed by atoms with Crippen LogP contribution in [0.1, 0.15) is 36.8 Å². The van der Waals surface area contributed by atoms with Crippen molar-refractivity contribution in [2.24, 2.45) is 0 Å². The van der Waals surface area contributed by atoms with Gasteiger partial charge in [0.1, 0.15) is 0 Å². The highest BCUT2D eigenvalue weighted by Gasteiger charge is 2.31. The fraction of sp³-hybridized carbons (Fsp3) is 0.625. The highest BCUT2D eigenvalue weighted by atomic mass is 15.2. The molecule has 98 valence electrons. The van der Waals surface area contributed by atoms with E-state index in [0.29, 0.717) is 6.04 Å². The molecule has 0 spiro atoms. The van der Waals surface area contributed by atoms with Crippen LogP contribution in [-0.2, 0) is 0 Å². The summed E-state index contributed by atoms with van der Waals surface area (Å²) < 4.78 is 0. The fourth-order valence-electron chi connectivity index (χ4n) is 3.42. The van der Waals surface area contributed by atoms with Gasteiger partial charge >= 0.3 is 0 Å². The number of rotatable bonds is 2. The predicted octanol–water partition coefficient (Wildman–Crippen LogP) is 3.34. The highest BCUT2D eigenvalue weighted by molar-refractivity contribution is 5.48. The Morgan fingerprint density at radius 2 is 2.00 bits per heavy atom. The van der Waals surface area contributed by atoms with E-state index in [1.54, 1.807) is 0 Å². The maximum atomic E-state index is 3.73. The lowest BCUT2D eigenvalue weighted by Crippen LogP contribution is -2.42. The molecular weight excluding hydrogens is 220 g/mol. The molecule has 2 aliphatic rings. The van der Waals surface area contributed by atoms with Gasteiger partial charge in [0, 0.05) is 24.3 Å². The van der Waals surface area contributed by atoms with Crippen LogP contribution in [-0.4, -0.2) is 30.1 Å². The van der Waals surface area contributed by atoms with E-state index in [-0.39, 0.29) is 0 Å². The Bertz CT molecular complexity index is 427. The van der Waals surface area contributed by atoms with Crippen LogP contribution in [0, 0.1) is 13.8 Å². The molecule has 0 aromatic heterocycles. The zero-order valence-electron chi connectivity index (χ0n) is 11.6. The van der Waals surface area contributed by atoms with E-state index in [1.165, 1.54) is 55.6 Å². The molecule has 0 radical (unpaired) electrons. The van der Waals surface area contributed by atoms with Crippen LogP contribution < -0.4 is 5.32 Å². The van der Waals surface area contributed by atoms with E-state index in [1.807, 2.05) is 0 Å². The Morgan fingerprint density at radius 1 is 1.11 bits per heavy atom. The first-order valence-electron chi connectivity index (χ1n) is 7.30. The monoisotopic (exact) mass is 244 g/mol. The molecule has 18 heavy (non-hydrogen) atoms. The number of nitrogens with one attached hydrogen (secondary N) is 1. The number of anilines is 1. The van der Waals surface area contributed by atoms with Gasteiger partial charge in [0.25, 0.3) is 0 Å². The third-order valence-corrected chi connectivity index (χ3v) is 4.70. The molecule has 2 unspecified atom stereocenters. The van der Waals surface area contributed by atoms with Crippen LogP contribution in [0.5, 0.6) is 0 Å². The van der Waals surface area contributed by atoms with E-state index in [9.17, 15) is 0 Å². The van der Waals surface area contributed by atoms with Crippen molar-refractivity contribution >= 4 is 5.69 Å². The number of hydrogen-bond acceptors (Lipinski definition) is 2. The average Bonchev–Trinajstić information content (AvgIpc) is 2.81. The van der Waals surface area contributed by atoms with Gasteiger partial charge in [0.05, 0.1) is 0 Å². The van der Waals surface area contributed by atoms with Crippen molar-refractivity contribution in [1.82, 2.24) is 4.90 Å². The summed E-state index contributed by atoms with van der Waals surface area (Å²) in [6.45, 7) is 6.99. The molecule has 2 atom stereocenters. The van der Waals surface area contributed by atoms with E-state index >= 15 is 0 Å². The number of piperidine rings is 1. The fourth-order valence-corrected chi connectivity index (χ4v) is 3.42. The molecule has 0 aliphatic carbocycles. The van der Waals surface area contributed by atoms with Crippen molar-refractivity contribution in [1.29, 1.82) is 0 Å². The summed E-state index contributed by atoms with van der Waals surface area (Å²) in [6, 6.07) is 8.26.